The smallest absolute Gasteiger partial charge is 0.417 e. The van der Waals surface area contributed by atoms with E-state index in [1.54, 1.807) is 12.1 Å². The summed E-state index contributed by atoms with van der Waals surface area (Å²) in [4.78, 5) is 3.67. The van der Waals surface area contributed by atoms with Gasteiger partial charge in [-0.05, 0) is 34.1 Å². The summed E-state index contributed by atoms with van der Waals surface area (Å²) in [6, 6.07) is 5.63. The van der Waals surface area contributed by atoms with E-state index in [9.17, 15) is 13.2 Å². The lowest BCUT2D eigenvalue weighted by Gasteiger charge is -2.09. The van der Waals surface area contributed by atoms with E-state index in [1.165, 1.54) is 6.07 Å². The Balaban J connectivity index is 1.82. The molecule has 2 aromatic rings. The fourth-order valence-electron chi connectivity index (χ4n) is 2.02. The molecule has 0 saturated carbocycles. The lowest BCUT2D eigenvalue weighted by atomic mass is 10.1. The third kappa shape index (κ3) is 2.97. The number of halogens is 4. The van der Waals surface area contributed by atoms with E-state index in [2.05, 4.69) is 20.9 Å². The number of benzene rings is 1. The van der Waals surface area contributed by atoms with Crippen LogP contribution in [0.1, 0.15) is 11.1 Å². The molecule has 0 bridgehead atoms. The molecule has 110 valence electrons. The quantitative estimate of drug-likeness (QED) is 0.785. The van der Waals surface area contributed by atoms with Crippen LogP contribution in [0.25, 0.3) is 0 Å². The average Bonchev–Trinajstić information content (AvgIpc) is 2.87. The number of nitrogens with zero attached hydrogens (tertiary/aromatic N) is 1. The van der Waals surface area contributed by atoms with Gasteiger partial charge in [0.15, 0.2) is 0 Å². The Morgan fingerprint density at radius 1 is 1.24 bits per heavy atom. The minimum Gasteiger partial charge on any atom is -0.492 e. The molecule has 0 N–H and O–H groups in total. The van der Waals surface area contributed by atoms with Gasteiger partial charge in [0.05, 0.1) is 16.6 Å². The zero-order valence-electron chi connectivity index (χ0n) is 10.6. The standard InChI is InChI=1S/C14H9BrF3NO2/c15-11-6-10(5-8-3-4-20-13(8)11)21-12-2-1-9(7-19-12)14(16,17)18/h1-2,5-7H,3-4H2. The number of ether oxygens (including phenoxy) is 2. The highest BCUT2D eigenvalue weighted by Gasteiger charge is 2.30. The van der Waals surface area contributed by atoms with Crippen molar-refractivity contribution in [2.45, 2.75) is 12.6 Å². The van der Waals surface area contributed by atoms with E-state index in [0.717, 1.165) is 34.5 Å². The van der Waals surface area contributed by atoms with Crippen molar-refractivity contribution in [3.05, 3.63) is 46.1 Å². The van der Waals surface area contributed by atoms with Crippen LogP contribution in [-0.2, 0) is 12.6 Å². The number of aromatic nitrogens is 1. The van der Waals surface area contributed by atoms with Crippen LogP contribution in [0.3, 0.4) is 0 Å². The fourth-order valence-corrected chi connectivity index (χ4v) is 2.62. The minimum atomic E-state index is -4.40. The molecule has 1 aromatic carbocycles. The van der Waals surface area contributed by atoms with Crippen molar-refractivity contribution < 1.29 is 22.6 Å². The molecule has 2 heterocycles. The van der Waals surface area contributed by atoms with E-state index < -0.39 is 11.7 Å². The average molecular weight is 360 g/mol. The molecule has 1 aliphatic rings. The van der Waals surface area contributed by atoms with E-state index in [-0.39, 0.29) is 5.88 Å². The number of hydrogen-bond donors (Lipinski definition) is 0. The number of hydrogen-bond acceptors (Lipinski definition) is 3. The molecule has 1 aromatic heterocycles. The van der Waals surface area contributed by atoms with Gasteiger partial charge in [-0.15, -0.1) is 0 Å². The van der Waals surface area contributed by atoms with E-state index >= 15 is 0 Å². The Morgan fingerprint density at radius 2 is 2.05 bits per heavy atom. The first-order valence-corrected chi connectivity index (χ1v) is 6.89. The normalized spacial score (nSPS) is 13.7. The van der Waals surface area contributed by atoms with Crippen molar-refractivity contribution in [2.75, 3.05) is 6.61 Å². The molecule has 3 nitrogen and oxygen atoms in total. The van der Waals surface area contributed by atoms with Crippen LogP contribution >= 0.6 is 15.9 Å². The first kappa shape index (κ1) is 14.2. The van der Waals surface area contributed by atoms with Gasteiger partial charge in [0.25, 0.3) is 0 Å². The van der Waals surface area contributed by atoms with Gasteiger partial charge in [0, 0.05) is 24.2 Å². The summed E-state index contributed by atoms with van der Waals surface area (Å²) in [7, 11) is 0. The molecule has 1 aliphatic heterocycles. The third-order valence-corrected chi connectivity index (χ3v) is 3.59. The second kappa shape index (κ2) is 5.22. The second-order valence-corrected chi connectivity index (χ2v) is 5.33. The molecule has 3 rings (SSSR count). The number of alkyl halides is 3. The Hall–Kier alpha value is -1.76. The summed E-state index contributed by atoms with van der Waals surface area (Å²) in [5, 5.41) is 0. The maximum absolute atomic E-state index is 12.4. The molecule has 0 amide bonds. The number of rotatable bonds is 2. The third-order valence-electron chi connectivity index (χ3n) is 3.00. The first-order chi connectivity index (χ1) is 9.93. The second-order valence-electron chi connectivity index (χ2n) is 4.48. The van der Waals surface area contributed by atoms with Crippen molar-refractivity contribution in [1.29, 1.82) is 0 Å². The van der Waals surface area contributed by atoms with Crippen LogP contribution in [0.2, 0.25) is 0 Å². The molecular weight excluding hydrogens is 351 g/mol. The fraction of sp³-hybridized carbons (Fsp3) is 0.214. The van der Waals surface area contributed by atoms with E-state index in [1.807, 2.05) is 0 Å². The maximum atomic E-state index is 12.4. The van der Waals surface area contributed by atoms with E-state index in [4.69, 9.17) is 9.47 Å². The van der Waals surface area contributed by atoms with Crippen LogP contribution in [0.4, 0.5) is 13.2 Å². The highest BCUT2D eigenvalue weighted by Crippen LogP contribution is 2.38. The van der Waals surface area contributed by atoms with E-state index in [0.29, 0.717) is 12.4 Å². The van der Waals surface area contributed by atoms with Gasteiger partial charge >= 0.3 is 6.18 Å². The SMILES string of the molecule is FC(F)(F)c1ccc(Oc2cc(Br)c3c(c2)CCO3)nc1. The molecule has 0 saturated heterocycles. The summed E-state index contributed by atoms with van der Waals surface area (Å²) >= 11 is 3.38. The lowest BCUT2D eigenvalue weighted by Crippen LogP contribution is -2.05. The van der Waals surface area contributed by atoms with Crippen LogP contribution in [0.15, 0.2) is 34.9 Å². The van der Waals surface area contributed by atoms with Crippen molar-refractivity contribution >= 4 is 15.9 Å². The monoisotopic (exact) mass is 359 g/mol. The first-order valence-electron chi connectivity index (χ1n) is 6.10. The topological polar surface area (TPSA) is 31.4 Å². The Bertz CT molecular complexity index is 671. The van der Waals surface area contributed by atoms with Gasteiger partial charge < -0.3 is 9.47 Å². The van der Waals surface area contributed by atoms with Crippen molar-refractivity contribution in [2.24, 2.45) is 0 Å². The van der Waals surface area contributed by atoms with Crippen molar-refractivity contribution in [3.8, 4) is 17.4 Å². The predicted octanol–water partition coefficient (Wildman–Crippen LogP) is 4.59. The van der Waals surface area contributed by atoms with Crippen LogP contribution in [-0.4, -0.2) is 11.6 Å². The molecule has 0 atom stereocenters. The molecule has 0 spiro atoms. The van der Waals surface area contributed by atoms with Gasteiger partial charge in [-0.1, -0.05) is 0 Å². The van der Waals surface area contributed by atoms with Crippen LogP contribution in [0.5, 0.6) is 17.4 Å². The number of fused-ring (bicyclic) bond motifs is 1. The molecule has 21 heavy (non-hydrogen) atoms. The van der Waals surface area contributed by atoms with Gasteiger partial charge in [-0.25, -0.2) is 4.98 Å². The molecular formula is C14H9BrF3NO2. The van der Waals surface area contributed by atoms with Gasteiger partial charge in [-0.2, -0.15) is 13.2 Å². The van der Waals surface area contributed by atoms with Crippen LogP contribution < -0.4 is 9.47 Å². The molecule has 7 heteroatoms. The minimum absolute atomic E-state index is 0.105. The molecule has 0 radical (unpaired) electrons. The largest absolute Gasteiger partial charge is 0.492 e. The Kier molecular flexibility index (Phi) is 3.52. The van der Waals surface area contributed by atoms with Gasteiger partial charge in [0.2, 0.25) is 5.88 Å². The summed E-state index contributed by atoms with van der Waals surface area (Å²) in [6.45, 7) is 0.607. The predicted molar refractivity (Wildman–Crippen MR) is 72.7 cm³/mol. The number of pyridine rings is 1. The summed E-state index contributed by atoms with van der Waals surface area (Å²) < 4.78 is 49.0. The van der Waals surface area contributed by atoms with Crippen LogP contribution in [0, 0.1) is 0 Å². The summed E-state index contributed by atoms with van der Waals surface area (Å²) in [6.07, 6.45) is -2.88. The molecule has 0 unspecified atom stereocenters. The zero-order chi connectivity index (χ0) is 15.0. The van der Waals surface area contributed by atoms with Gasteiger partial charge in [0.1, 0.15) is 11.5 Å². The Labute approximate surface area is 126 Å². The maximum Gasteiger partial charge on any atom is 0.417 e. The highest BCUT2D eigenvalue weighted by molar-refractivity contribution is 9.10. The van der Waals surface area contributed by atoms with Crippen molar-refractivity contribution in [3.63, 3.8) is 0 Å². The highest BCUT2D eigenvalue weighted by atomic mass is 79.9. The van der Waals surface area contributed by atoms with Crippen molar-refractivity contribution in [1.82, 2.24) is 4.98 Å². The Morgan fingerprint density at radius 3 is 2.71 bits per heavy atom. The molecule has 0 fully saturated rings. The lowest BCUT2D eigenvalue weighted by molar-refractivity contribution is -0.137. The van der Waals surface area contributed by atoms with Gasteiger partial charge in [-0.3, -0.25) is 0 Å². The zero-order valence-corrected chi connectivity index (χ0v) is 12.2. The molecule has 0 aliphatic carbocycles. The summed E-state index contributed by atoms with van der Waals surface area (Å²) in [5.41, 5.74) is 0.185. The summed E-state index contributed by atoms with van der Waals surface area (Å²) in [5.74, 6) is 1.38.